The molecule has 24 heavy (non-hydrogen) atoms. The van der Waals surface area contributed by atoms with Gasteiger partial charge in [0.25, 0.3) is 0 Å². The minimum Gasteiger partial charge on any atom is -0.395 e. The Kier molecular flexibility index (Phi) is 5.79. The number of likely N-dealkylation sites (tertiary alicyclic amines) is 2. The van der Waals surface area contributed by atoms with E-state index in [4.69, 9.17) is 0 Å². The summed E-state index contributed by atoms with van der Waals surface area (Å²) in [7, 11) is 0. The number of carbonyl (C=O) groups excluding carboxylic acids is 1. The summed E-state index contributed by atoms with van der Waals surface area (Å²) >= 11 is 0. The molecule has 1 N–H and O–H groups in total. The molecule has 2 fully saturated rings. The van der Waals surface area contributed by atoms with E-state index in [0.717, 1.165) is 69.7 Å². The van der Waals surface area contributed by atoms with Gasteiger partial charge >= 0.3 is 0 Å². The first-order valence-corrected chi connectivity index (χ1v) is 9.06. The second kappa shape index (κ2) is 8.03. The molecule has 0 bridgehead atoms. The molecule has 6 heteroatoms. The third-order valence-electron chi connectivity index (χ3n) is 5.39. The molecule has 6 nitrogen and oxygen atoms in total. The van der Waals surface area contributed by atoms with E-state index in [1.54, 1.807) is 6.92 Å². The predicted octanol–water partition coefficient (Wildman–Crippen LogP) is 1.23. The van der Waals surface area contributed by atoms with Crippen LogP contribution in [0.2, 0.25) is 0 Å². The first kappa shape index (κ1) is 17.3. The van der Waals surface area contributed by atoms with Gasteiger partial charge in [-0.2, -0.15) is 0 Å². The molecule has 132 valence electrons. The normalized spacial score (nSPS) is 22.9. The van der Waals surface area contributed by atoms with Gasteiger partial charge < -0.3 is 10.0 Å². The van der Waals surface area contributed by atoms with Crippen LogP contribution < -0.4 is 0 Å². The highest BCUT2D eigenvalue weighted by molar-refractivity contribution is 5.73. The van der Waals surface area contributed by atoms with Crippen LogP contribution in [0.15, 0.2) is 12.4 Å². The summed E-state index contributed by atoms with van der Waals surface area (Å²) in [5, 5.41) is 9.39. The molecule has 2 aliphatic heterocycles. The van der Waals surface area contributed by atoms with Gasteiger partial charge in [0, 0.05) is 38.8 Å². The smallest absolute Gasteiger partial charge is 0.219 e. The highest BCUT2D eigenvalue weighted by atomic mass is 16.3. The molecule has 1 aromatic heterocycles. The summed E-state index contributed by atoms with van der Waals surface area (Å²) < 4.78 is 0. The largest absolute Gasteiger partial charge is 0.395 e. The van der Waals surface area contributed by atoms with E-state index in [2.05, 4.69) is 14.9 Å². The van der Waals surface area contributed by atoms with Crippen LogP contribution in [0.5, 0.6) is 0 Å². The van der Waals surface area contributed by atoms with Crippen LogP contribution >= 0.6 is 0 Å². The number of carbonyl (C=O) groups is 1. The Hall–Kier alpha value is -1.53. The maximum atomic E-state index is 11.4. The first-order valence-electron chi connectivity index (χ1n) is 9.06. The van der Waals surface area contributed by atoms with E-state index in [1.165, 1.54) is 0 Å². The van der Waals surface area contributed by atoms with Crippen LogP contribution in [0.3, 0.4) is 0 Å². The minimum absolute atomic E-state index is 0.181. The Morgan fingerprint density at radius 1 is 1.17 bits per heavy atom. The zero-order valence-electron chi connectivity index (χ0n) is 14.5. The maximum Gasteiger partial charge on any atom is 0.219 e. The number of nitrogens with zero attached hydrogens (tertiary/aromatic N) is 4. The minimum atomic E-state index is 0.181. The standard InChI is InChI=1S/C18H28N4O2/c1-14(24)21-7-4-15(5-8-21)9-16-10-20-17(11-19-16)12-22-6-2-3-18(22)13-23/h10-11,15,18,23H,2-9,12-13H2,1H3/t18-/m1/s1. The predicted molar refractivity (Wildman–Crippen MR) is 91.2 cm³/mol. The van der Waals surface area contributed by atoms with Crippen molar-refractivity contribution in [2.24, 2.45) is 5.92 Å². The van der Waals surface area contributed by atoms with Crippen molar-refractivity contribution in [3.63, 3.8) is 0 Å². The van der Waals surface area contributed by atoms with Gasteiger partial charge in [0.15, 0.2) is 0 Å². The average Bonchev–Trinajstić information content (AvgIpc) is 3.04. The lowest BCUT2D eigenvalue weighted by Gasteiger charge is -2.31. The molecule has 0 aliphatic carbocycles. The molecule has 3 rings (SSSR count). The summed E-state index contributed by atoms with van der Waals surface area (Å²) in [5.41, 5.74) is 2.02. The molecule has 1 amide bonds. The number of aliphatic hydroxyl groups is 1. The van der Waals surface area contributed by atoms with Crippen molar-refractivity contribution in [3.8, 4) is 0 Å². The van der Waals surface area contributed by atoms with Crippen molar-refractivity contribution in [3.05, 3.63) is 23.8 Å². The Morgan fingerprint density at radius 2 is 1.88 bits per heavy atom. The number of rotatable bonds is 5. The van der Waals surface area contributed by atoms with Crippen LogP contribution in [0.1, 0.15) is 44.0 Å². The number of hydrogen-bond donors (Lipinski definition) is 1. The Bertz CT molecular complexity index is 540. The quantitative estimate of drug-likeness (QED) is 0.878. The van der Waals surface area contributed by atoms with Crippen molar-refractivity contribution in [1.82, 2.24) is 19.8 Å². The molecule has 1 atom stereocenters. The van der Waals surface area contributed by atoms with E-state index >= 15 is 0 Å². The Balaban J connectivity index is 1.49. The van der Waals surface area contributed by atoms with E-state index in [-0.39, 0.29) is 18.6 Å². The third-order valence-corrected chi connectivity index (χ3v) is 5.39. The Morgan fingerprint density at radius 3 is 2.50 bits per heavy atom. The fourth-order valence-corrected chi connectivity index (χ4v) is 3.83. The van der Waals surface area contributed by atoms with Crippen molar-refractivity contribution in [2.45, 2.75) is 51.6 Å². The second-order valence-electron chi connectivity index (χ2n) is 7.10. The van der Waals surface area contributed by atoms with Crippen LogP contribution in [0, 0.1) is 5.92 Å². The van der Waals surface area contributed by atoms with Gasteiger partial charge in [0.05, 0.1) is 24.2 Å². The second-order valence-corrected chi connectivity index (χ2v) is 7.10. The van der Waals surface area contributed by atoms with Crippen molar-refractivity contribution < 1.29 is 9.90 Å². The van der Waals surface area contributed by atoms with Gasteiger partial charge in [0.2, 0.25) is 5.91 Å². The molecule has 0 radical (unpaired) electrons. The van der Waals surface area contributed by atoms with Gasteiger partial charge in [-0.25, -0.2) is 0 Å². The molecule has 3 heterocycles. The van der Waals surface area contributed by atoms with Gasteiger partial charge in [-0.1, -0.05) is 0 Å². The SMILES string of the molecule is CC(=O)N1CCC(Cc2cnc(CN3CCC[C@@H]3CO)cn2)CC1. The van der Waals surface area contributed by atoms with Gasteiger partial charge in [-0.05, 0) is 44.6 Å². The highest BCUT2D eigenvalue weighted by Gasteiger charge is 2.24. The molecule has 0 unspecified atom stereocenters. The van der Waals surface area contributed by atoms with Crippen molar-refractivity contribution in [2.75, 3.05) is 26.2 Å². The summed E-state index contributed by atoms with van der Waals surface area (Å²) in [6.45, 7) is 5.40. The molecule has 0 aromatic carbocycles. The summed E-state index contributed by atoms with van der Waals surface area (Å²) in [5.74, 6) is 0.777. The van der Waals surface area contributed by atoms with Gasteiger partial charge in [-0.15, -0.1) is 0 Å². The fraction of sp³-hybridized carbons (Fsp3) is 0.722. The zero-order valence-corrected chi connectivity index (χ0v) is 14.5. The Labute approximate surface area is 143 Å². The van der Waals surface area contributed by atoms with Crippen LogP contribution in [-0.4, -0.2) is 63.1 Å². The van der Waals surface area contributed by atoms with Crippen LogP contribution in [0.25, 0.3) is 0 Å². The lowest BCUT2D eigenvalue weighted by molar-refractivity contribution is -0.130. The summed E-state index contributed by atoms with van der Waals surface area (Å²) in [4.78, 5) is 24.8. The monoisotopic (exact) mass is 332 g/mol. The molecule has 2 saturated heterocycles. The fourth-order valence-electron chi connectivity index (χ4n) is 3.83. The average molecular weight is 332 g/mol. The number of amides is 1. The zero-order chi connectivity index (χ0) is 16.9. The molecular weight excluding hydrogens is 304 g/mol. The highest BCUT2D eigenvalue weighted by Crippen LogP contribution is 2.21. The topological polar surface area (TPSA) is 69.6 Å². The van der Waals surface area contributed by atoms with Gasteiger partial charge in [0.1, 0.15) is 0 Å². The maximum absolute atomic E-state index is 11.4. The summed E-state index contributed by atoms with van der Waals surface area (Å²) in [6, 6.07) is 0.276. The van der Waals surface area contributed by atoms with Crippen molar-refractivity contribution >= 4 is 5.91 Å². The van der Waals surface area contributed by atoms with E-state index < -0.39 is 0 Å². The van der Waals surface area contributed by atoms with Gasteiger partial charge in [-0.3, -0.25) is 19.7 Å². The lowest BCUT2D eigenvalue weighted by Crippen LogP contribution is -2.37. The van der Waals surface area contributed by atoms with E-state index in [1.807, 2.05) is 17.3 Å². The summed E-state index contributed by atoms with van der Waals surface area (Å²) in [6.07, 6.45) is 9.05. The number of piperidine rings is 1. The number of hydrogen-bond acceptors (Lipinski definition) is 5. The molecule has 0 saturated carbocycles. The third kappa shape index (κ3) is 4.30. The van der Waals surface area contributed by atoms with Crippen LogP contribution in [0.4, 0.5) is 0 Å². The molecular formula is C18H28N4O2. The van der Waals surface area contributed by atoms with Crippen molar-refractivity contribution in [1.29, 1.82) is 0 Å². The first-order chi connectivity index (χ1) is 11.7. The van der Waals surface area contributed by atoms with E-state index in [9.17, 15) is 9.90 Å². The molecule has 0 spiro atoms. The number of aromatic nitrogens is 2. The molecule has 1 aromatic rings. The van der Waals surface area contributed by atoms with E-state index in [0.29, 0.717) is 5.92 Å². The molecule has 2 aliphatic rings. The van der Waals surface area contributed by atoms with Crippen LogP contribution in [-0.2, 0) is 17.8 Å². The lowest BCUT2D eigenvalue weighted by atomic mass is 9.92. The number of aliphatic hydroxyl groups excluding tert-OH is 1.